The largest absolute Gasteiger partial charge is 0.444 e. The first-order valence-corrected chi connectivity index (χ1v) is 10.7. The van der Waals surface area contributed by atoms with E-state index in [4.69, 9.17) is 9.15 Å². The van der Waals surface area contributed by atoms with Gasteiger partial charge in [0.15, 0.2) is 21.4 Å². The van der Waals surface area contributed by atoms with Gasteiger partial charge in [-0.25, -0.2) is 13.8 Å². The lowest BCUT2D eigenvalue weighted by atomic mass is 10.3. The molecule has 0 aliphatic carbocycles. The van der Waals surface area contributed by atoms with Gasteiger partial charge in [0.2, 0.25) is 0 Å². The lowest BCUT2D eigenvalue weighted by Crippen LogP contribution is -2.39. The van der Waals surface area contributed by atoms with Crippen LogP contribution in [0.15, 0.2) is 33.4 Å². The smallest absolute Gasteiger partial charge is 0.295 e. The van der Waals surface area contributed by atoms with E-state index < -0.39 is 11.6 Å². The number of anilines is 1. The van der Waals surface area contributed by atoms with Gasteiger partial charge in [0.1, 0.15) is 11.3 Å². The minimum absolute atomic E-state index is 0.0537. The molecule has 0 saturated carbocycles. The predicted octanol–water partition coefficient (Wildman–Crippen LogP) is 4.30. The number of carbonyl (C=O) groups excluding carboxylic acids is 1. The van der Waals surface area contributed by atoms with Gasteiger partial charge in [0.25, 0.3) is 5.91 Å². The third kappa shape index (κ3) is 4.66. The summed E-state index contributed by atoms with van der Waals surface area (Å²) in [7, 11) is 0. The number of aromatic nitrogens is 1. The maximum Gasteiger partial charge on any atom is 0.295 e. The Hall–Kier alpha value is -1.88. The van der Waals surface area contributed by atoms with Crippen molar-refractivity contribution in [3.63, 3.8) is 0 Å². The molecule has 1 aromatic carbocycles. The van der Waals surface area contributed by atoms with Gasteiger partial charge in [-0.2, -0.15) is 0 Å². The molecule has 3 heterocycles. The third-order valence-electron chi connectivity index (χ3n) is 4.62. The summed E-state index contributed by atoms with van der Waals surface area (Å²) in [6.07, 6.45) is 0.695. The summed E-state index contributed by atoms with van der Waals surface area (Å²) in [5.41, 5.74) is 0.0537. The van der Waals surface area contributed by atoms with Gasteiger partial charge in [0.05, 0.1) is 17.9 Å². The fourth-order valence-electron chi connectivity index (χ4n) is 3.18. The van der Waals surface area contributed by atoms with Crippen molar-refractivity contribution in [3.8, 4) is 0 Å². The topological polar surface area (TPSA) is 58.8 Å². The Balaban J connectivity index is 1.58. The van der Waals surface area contributed by atoms with Crippen LogP contribution in [0.4, 0.5) is 13.9 Å². The molecule has 3 aromatic rings. The Morgan fingerprint density at radius 1 is 1.28 bits per heavy atom. The number of furan rings is 1. The van der Waals surface area contributed by atoms with Crippen LogP contribution in [-0.2, 0) is 4.74 Å². The number of fused-ring (bicyclic) bond motifs is 1. The number of amides is 1. The second kappa shape index (κ2) is 8.86. The Labute approximate surface area is 178 Å². The molecule has 29 heavy (non-hydrogen) atoms. The number of carbonyl (C=O) groups is 1. The second-order valence-corrected chi connectivity index (χ2v) is 8.39. The molecular weight excluding hydrogens is 468 g/mol. The fourth-order valence-corrected chi connectivity index (χ4v) is 4.52. The van der Waals surface area contributed by atoms with E-state index in [0.717, 1.165) is 37.0 Å². The maximum absolute atomic E-state index is 14.1. The van der Waals surface area contributed by atoms with E-state index in [1.54, 1.807) is 12.1 Å². The van der Waals surface area contributed by atoms with E-state index in [9.17, 15) is 13.6 Å². The van der Waals surface area contributed by atoms with Crippen LogP contribution < -0.4 is 4.90 Å². The molecular formula is C19H18BrF2N3O3S. The Kier molecular flexibility index (Phi) is 6.23. The molecule has 0 spiro atoms. The zero-order chi connectivity index (χ0) is 20.4. The van der Waals surface area contributed by atoms with Crippen LogP contribution >= 0.6 is 27.3 Å². The number of morpholine rings is 1. The van der Waals surface area contributed by atoms with Crippen molar-refractivity contribution in [1.82, 2.24) is 9.88 Å². The van der Waals surface area contributed by atoms with Crippen molar-refractivity contribution in [2.75, 3.05) is 44.3 Å². The number of benzene rings is 1. The number of halogens is 3. The van der Waals surface area contributed by atoms with E-state index >= 15 is 0 Å². The summed E-state index contributed by atoms with van der Waals surface area (Å²) in [6.45, 7) is 4.27. The average Bonchev–Trinajstić information content (AvgIpc) is 3.32. The van der Waals surface area contributed by atoms with Gasteiger partial charge in [0, 0.05) is 32.2 Å². The first-order chi connectivity index (χ1) is 14.0. The average molecular weight is 486 g/mol. The number of ether oxygens (including phenoxy) is 1. The van der Waals surface area contributed by atoms with Crippen LogP contribution in [0.5, 0.6) is 0 Å². The van der Waals surface area contributed by atoms with Crippen LogP contribution in [0.25, 0.3) is 10.2 Å². The zero-order valence-electron chi connectivity index (χ0n) is 15.4. The van der Waals surface area contributed by atoms with Crippen molar-refractivity contribution in [1.29, 1.82) is 0 Å². The highest BCUT2D eigenvalue weighted by atomic mass is 79.9. The zero-order valence-corrected chi connectivity index (χ0v) is 17.8. The van der Waals surface area contributed by atoms with E-state index in [0.29, 0.717) is 40.7 Å². The number of nitrogens with zero attached hydrogens (tertiary/aromatic N) is 3. The normalized spacial score (nSPS) is 15.1. The van der Waals surface area contributed by atoms with E-state index in [1.165, 1.54) is 11.0 Å². The molecule has 0 N–H and O–H groups in total. The van der Waals surface area contributed by atoms with Crippen molar-refractivity contribution in [2.24, 2.45) is 0 Å². The fraction of sp³-hybridized carbons (Fsp3) is 0.368. The number of hydrogen-bond donors (Lipinski definition) is 0. The van der Waals surface area contributed by atoms with Gasteiger partial charge >= 0.3 is 0 Å². The Morgan fingerprint density at radius 2 is 2.07 bits per heavy atom. The van der Waals surface area contributed by atoms with Gasteiger partial charge < -0.3 is 9.15 Å². The molecule has 1 aliphatic rings. The lowest BCUT2D eigenvalue weighted by molar-refractivity contribution is 0.0376. The minimum atomic E-state index is -0.746. The second-order valence-electron chi connectivity index (χ2n) is 6.60. The van der Waals surface area contributed by atoms with Crippen molar-refractivity contribution < 1.29 is 22.7 Å². The Bertz CT molecular complexity index is 1020. The molecule has 10 heteroatoms. The van der Waals surface area contributed by atoms with Gasteiger partial charge in [-0.05, 0) is 40.5 Å². The molecule has 0 bridgehead atoms. The molecule has 4 rings (SSSR count). The SMILES string of the molecule is O=C(c1ccc(Br)o1)N(CCCN1CCOCC1)c1nc2c(F)cc(F)cc2s1. The molecule has 1 amide bonds. The summed E-state index contributed by atoms with van der Waals surface area (Å²) in [4.78, 5) is 21.0. The van der Waals surface area contributed by atoms with Crippen LogP contribution in [0, 0.1) is 11.6 Å². The molecule has 1 fully saturated rings. The van der Waals surface area contributed by atoms with Crippen LogP contribution in [0.2, 0.25) is 0 Å². The quantitative estimate of drug-likeness (QED) is 0.520. The van der Waals surface area contributed by atoms with Gasteiger partial charge in [-0.1, -0.05) is 11.3 Å². The summed E-state index contributed by atoms with van der Waals surface area (Å²) < 4.78 is 39.2. The maximum atomic E-state index is 14.1. The lowest BCUT2D eigenvalue weighted by Gasteiger charge is -2.27. The van der Waals surface area contributed by atoms with Crippen molar-refractivity contribution in [3.05, 3.63) is 46.3 Å². The standard InChI is InChI=1S/C19H18BrF2N3O3S/c20-16-3-2-14(28-16)18(26)25(5-1-4-24-6-8-27-9-7-24)19-23-17-13(22)10-12(21)11-15(17)29-19/h2-3,10-11H,1,4-9H2. The van der Waals surface area contributed by atoms with Crippen molar-refractivity contribution in [2.45, 2.75) is 6.42 Å². The molecule has 6 nitrogen and oxygen atoms in total. The van der Waals surface area contributed by atoms with Crippen LogP contribution in [-0.4, -0.2) is 55.2 Å². The highest BCUT2D eigenvalue weighted by molar-refractivity contribution is 9.10. The summed E-state index contributed by atoms with van der Waals surface area (Å²) in [5.74, 6) is -1.65. The first-order valence-electron chi connectivity index (χ1n) is 9.14. The highest BCUT2D eigenvalue weighted by Gasteiger charge is 2.25. The van der Waals surface area contributed by atoms with Gasteiger partial charge in [-0.3, -0.25) is 14.6 Å². The summed E-state index contributed by atoms with van der Waals surface area (Å²) >= 11 is 4.27. The minimum Gasteiger partial charge on any atom is -0.444 e. The molecule has 1 aliphatic heterocycles. The summed E-state index contributed by atoms with van der Waals surface area (Å²) in [5, 5.41) is 0.309. The Morgan fingerprint density at radius 3 is 2.79 bits per heavy atom. The molecule has 154 valence electrons. The van der Waals surface area contributed by atoms with E-state index in [-0.39, 0.29) is 17.2 Å². The summed E-state index contributed by atoms with van der Waals surface area (Å²) in [6, 6.07) is 5.21. The van der Waals surface area contributed by atoms with E-state index in [1.807, 2.05) is 0 Å². The number of hydrogen-bond acceptors (Lipinski definition) is 6. The molecule has 0 radical (unpaired) electrons. The highest BCUT2D eigenvalue weighted by Crippen LogP contribution is 2.32. The predicted molar refractivity (Wildman–Crippen MR) is 109 cm³/mol. The molecule has 0 unspecified atom stereocenters. The number of thiazole rings is 1. The number of rotatable bonds is 6. The van der Waals surface area contributed by atoms with Crippen LogP contribution in [0.1, 0.15) is 17.0 Å². The monoisotopic (exact) mass is 485 g/mol. The first kappa shape index (κ1) is 20.4. The van der Waals surface area contributed by atoms with E-state index in [2.05, 4.69) is 25.8 Å². The molecule has 2 aromatic heterocycles. The third-order valence-corrected chi connectivity index (χ3v) is 6.07. The van der Waals surface area contributed by atoms with Crippen molar-refractivity contribution >= 4 is 48.5 Å². The van der Waals surface area contributed by atoms with Crippen LogP contribution in [0.3, 0.4) is 0 Å². The molecule has 0 atom stereocenters. The molecule has 1 saturated heterocycles. The van der Waals surface area contributed by atoms with Gasteiger partial charge in [-0.15, -0.1) is 0 Å².